The van der Waals surface area contributed by atoms with Crippen molar-refractivity contribution in [1.29, 1.82) is 0 Å². The van der Waals surface area contributed by atoms with Crippen molar-refractivity contribution in [3.05, 3.63) is 28.8 Å². The number of hydrogen-bond donors (Lipinski definition) is 1. The average molecular weight is 281 g/mol. The van der Waals surface area contributed by atoms with E-state index in [9.17, 15) is 0 Å². The summed E-state index contributed by atoms with van der Waals surface area (Å²) in [5, 5.41) is 3.66. The molecule has 0 bridgehead atoms. The van der Waals surface area contributed by atoms with Crippen LogP contribution in [-0.2, 0) is 0 Å². The molecule has 0 aliphatic rings. The third-order valence-corrected chi connectivity index (χ3v) is 4.27. The van der Waals surface area contributed by atoms with Crippen LogP contribution in [0.15, 0.2) is 12.1 Å². The molecule has 1 unspecified atom stereocenters. The fourth-order valence-corrected chi connectivity index (χ4v) is 2.99. The second-order valence-electron chi connectivity index (χ2n) is 4.84. The lowest BCUT2D eigenvalue weighted by molar-refractivity contribution is 0.411. The molecule has 0 heterocycles. The Hall–Kier alpha value is -0.670. The molecule has 0 aromatic heterocycles. The first kappa shape index (κ1) is 16.4. The van der Waals surface area contributed by atoms with Gasteiger partial charge in [-0.15, -0.1) is 0 Å². The molecule has 1 aromatic carbocycles. The fourth-order valence-electron chi connectivity index (χ4n) is 2.22. The molecule has 0 radical (unpaired) electrons. The van der Waals surface area contributed by atoms with E-state index in [2.05, 4.69) is 45.1 Å². The Morgan fingerprint density at radius 1 is 1.21 bits per heavy atom. The van der Waals surface area contributed by atoms with Crippen LogP contribution >= 0.6 is 11.8 Å². The lowest BCUT2D eigenvalue weighted by Crippen LogP contribution is -2.25. The van der Waals surface area contributed by atoms with Gasteiger partial charge in [0.15, 0.2) is 0 Å². The highest BCUT2D eigenvalue weighted by molar-refractivity contribution is 7.99. The van der Waals surface area contributed by atoms with Crippen molar-refractivity contribution in [2.24, 2.45) is 0 Å². The van der Waals surface area contributed by atoms with Crippen LogP contribution in [0.2, 0.25) is 0 Å². The van der Waals surface area contributed by atoms with E-state index < -0.39 is 0 Å². The third-order valence-electron chi connectivity index (χ3n) is 3.29. The van der Waals surface area contributed by atoms with Gasteiger partial charge < -0.3 is 10.1 Å². The Balaban J connectivity index is 2.96. The average Bonchev–Trinajstić information content (AvgIpc) is 2.41. The maximum Gasteiger partial charge on any atom is 0.122 e. The Kier molecular flexibility index (Phi) is 7.32. The van der Waals surface area contributed by atoms with Gasteiger partial charge in [-0.2, -0.15) is 11.8 Å². The van der Waals surface area contributed by atoms with Gasteiger partial charge in [0.05, 0.1) is 7.11 Å². The first-order valence-electron chi connectivity index (χ1n) is 7.10. The van der Waals surface area contributed by atoms with Crippen molar-refractivity contribution in [2.75, 3.05) is 25.2 Å². The van der Waals surface area contributed by atoms with Gasteiger partial charge in [-0.05, 0) is 55.3 Å². The van der Waals surface area contributed by atoms with E-state index in [0.717, 1.165) is 18.0 Å². The van der Waals surface area contributed by atoms with E-state index in [1.807, 2.05) is 11.8 Å². The highest BCUT2D eigenvalue weighted by atomic mass is 32.2. The van der Waals surface area contributed by atoms with Gasteiger partial charge >= 0.3 is 0 Å². The topological polar surface area (TPSA) is 21.3 Å². The molecule has 0 amide bonds. The minimum absolute atomic E-state index is 0.439. The molecule has 1 rings (SSSR count). The molecule has 3 heteroatoms. The van der Waals surface area contributed by atoms with Crippen LogP contribution in [-0.4, -0.2) is 25.2 Å². The van der Waals surface area contributed by atoms with Gasteiger partial charge in [0, 0.05) is 11.8 Å². The standard InChI is InChI=1S/C16H27NOS/c1-6-8-17-15(11-19-7-2)14-9-13(4)16(18-5)10-12(14)3/h9-10,15,17H,6-8,11H2,1-5H3. The first-order valence-corrected chi connectivity index (χ1v) is 8.25. The van der Waals surface area contributed by atoms with Crippen LogP contribution < -0.4 is 10.1 Å². The predicted molar refractivity (Wildman–Crippen MR) is 86.5 cm³/mol. The molecule has 108 valence electrons. The van der Waals surface area contributed by atoms with Gasteiger partial charge in [0.25, 0.3) is 0 Å². The molecule has 0 aliphatic carbocycles. The number of thioether (sulfide) groups is 1. The highest BCUT2D eigenvalue weighted by Crippen LogP contribution is 2.28. The normalized spacial score (nSPS) is 12.5. The maximum absolute atomic E-state index is 5.40. The fraction of sp³-hybridized carbons (Fsp3) is 0.625. The summed E-state index contributed by atoms with van der Waals surface area (Å²) < 4.78 is 5.40. The summed E-state index contributed by atoms with van der Waals surface area (Å²) in [7, 11) is 1.74. The summed E-state index contributed by atoms with van der Waals surface area (Å²) in [6.45, 7) is 9.79. The zero-order chi connectivity index (χ0) is 14.3. The van der Waals surface area contributed by atoms with Gasteiger partial charge in [-0.1, -0.05) is 19.9 Å². The van der Waals surface area contributed by atoms with Crippen molar-refractivity contribution in [2.45, 2.75) is 40.2 Å². The van der Waals surface area contributed by atoms with Crippen molar-refractivity contribution < 1.29 is 4.74 Å². The van der Waals surface area contributed by atoms with Crippen LogP contribution in [0.25, 0.3) is 0 Å². The summed E-state index contributed by atoms with van der Waals surface area (Å²) in [4.78, 5) is 0. The van der Waals surface area contributed by atoms with Crippen LogP contribution in [0, 0.1) is 13.8 Å². The molecule has 0 aliphatic heterocycles. The molecule has 19 heavy (non-hydrogen) atoms. The molecule has 1 atom stereocenters. The minimum atomic E-state index is 0.439. The Morgan fingerprint density at radius 2 is 1.95 bits per heavy atom. The number of rotatable bonds is 8. The van der Waals surface area contributed by atoms with E-state index in [4.69, 9.17) is 4.74 Å². The quantitative estimate of drug-likeness (QED) is 0.775. The SMILES string of the molecule is CCCNC(CSCC)c1cc(C)c(OC)cc1C. The molecule has 2 nitrogen and oxygen atoms in total. The summed E-state index contributed by atoms with van der Waals surface area (Å²) >= 11 is 1.99. The van der Waals surface area contributed by atoms with E-state index in [0.29, 0.717) is 6.04 Å². The zero-order valence-electron chi connectivity index (χ0n) is 12.9. The lowest BCUT2D eigenvalue weighted by atomic mass is 9.99. The number of ether oxygens (including phenoxy) is 1. The molecule has 0 fully saturated rings. The molecule has 0 saturated carbocycles. The maximum atomic E-state index is 5.40. The van der Waals surface area contributed by atoms with Gasteiger partial charge in [-0.25, -0.2) is 0 Å². The largest absolute Gasteiger partial charge is 0.496 e. The van der Waals surface area contributed by atoms with Gasteiger partial charge in [0.1, 0.15) is 5.75 Å². The first-order chi connectivity index (χ1) is 9.13. The van der Waals surface area contributed by atoms with E-state index in [1.54, 1.807) is 7.11 Å². The summed E-state index contributed by atoms with van der Waals surface area (Å²) in [5.41, 5.74) is 3.94. The number of methoxy groups -OCH3 is 1. The van der Waals surface area contributed by atoms with E-state index >= 15 is 0 Å². The van der Waals surface area contributed by atoms with E-state index in [-0.39, 0.29) is 0 Å². The summed E-state index contributed by atoms with van der Waals surface area (Å²) in [6.07, 6.45) is 1.17. The summed E-state index contributed by atoms with van der Waals surface area (Å²) in [5.74, 6) is 3.28. The van der Waals surface area contributed by atoms with Crippen LogP contribution in [0.1, 0.15) is 43.0 Å². The zero-order valence-corrected chi connectivity index (χ0v) is 13.7. The summed E-state index contributed by atoms with van der Waals surface area (Å²) in [6, 6.07) is 4.87. The monoisotopic (exact) mass is 281 g/mol. The third kappa shape index (κ3) is 4.73. The number of nitrogens with one attached hydrogen (secondary N) is 1. The van der Waals surface area contributed by atoms with Crippen molar-refractivity contribution >= 4 is 11.8 Å². The van der Waals surface area contributed by atoms with Crippen LogP contribution in [0.3, 0.4) is 0 Å². The van der Waals surface area contributed by atoms with Gasteiger partial charge in [-0.3, -0.25) is 0 Å². The molecule has 1 N–H and O–H groups in total. The van der Waals surface area contributed by atoms with Crippen molar-refractivity contribution in [3.63, 3.8) is 0 Å². The van der Waals surface area contributed by atoms with Crippen LogP contribution in [0.5, 0.6) is 5.75 Å². The second kappa shape index (κ2) is 8.49. The minimum Gasteiger partial charge on any atom is -0.496 e. The molecule has 0 spiro atoms. The predicted octanol–water partition coefficient (Wildman–Crippen LogP) is 4.11. The van der Waals surface area contributed by atoms with E-state index in [1.165, 1.54) is 28.9 Å². The number of benzene rings is 1. The van der Waals surface area contributed by atoms with Crippen LogP contribution in [0.4, 0.5) is 0 Å². The molecule has 1 aromatic rings. The Labute approximate surface area is 122 Å². The number of aryl methyl sites for hydroxylation is 2. The smallest absolute Gasteiger partial charge is 0.122 e. The second-order valence-corrected chi connectivity index (χ2v) is 6.16. The molecule has 0 saturated heterocycles. The van der Waals surface area contributed by atoms with Crippen molar-refractivity contribution in [1.82, 2.24) is 5.32 Å². The molecular weight excluding hydrogens is 254 g/mol. The highest BCUT2D eigenvalue weighted by Gasteiger charge is 2.15. The number of hydrogen-bond acceptors (Lipinski definition) is 3. The Morgan fingerprint density at radius 3 is 2.53 bits per heavy atom. The van der Waals surface area contributed by atoms with Gasteiger partial charge in [0.2, 0.25) is 0 Å². The lowest BCUT2D eigenvalue weighted by Gasteiger charge is -2.22. The van der Waals surface area contributed by atoms with Crippen molar-refractivity contribution in [3.8, 4) is 5.75 Å². The molecular formula is C16H27NOS. The Bertz CT molecular complexity index is 385.